The number of benzene rings is 3. The zero-order valence-electron chi connectivity index (χ0n) is 49.3. The normalized spacial score (nSPS) is 23.1. The predicted octanol–water partition coefficient (Wildman–Crippen LogP) is 5.72. The van der Waals surface area contributed by atoms with Crippen molar-refractivity contribution >= 4 is 52.7 Å². The fraction of sp³-hybridized carbons (Fsp3) is 0.625. The maximum atomic E-state index is 14.2. The van der Waals surface area contributed by atoms with Gasteiger partial charge in [-0.15, -0.1) is 0 Å². The summed E-state index contributed by atoms with van der Waals surface area (Å²) in [7, 11) is 2.05. The third kappa shape index (κ3) is 14.9. The second-order valence-electron chi connectivity index (χ2n) is 24.5. The first-order chi connectivity index (χ1) is 40.5. The van der Waals surface area contributed by atoms with E-state index in [1.54, 1.807) is 23.1 Å². The molecule has 4 fully saturated rings. The molecule has 0 radical (unpaired) electrons. The first kappa shape index (κ1) is 62.7. The zero-order valence-corrected chi connectivity index (χ0v) is 50.1. The molecule has 458 valence electrons. The number of carbonyl (C=O) groups is 6. The highest BCUT2D eigenvalue weighted by molar-refractivity contribution is 6.31. The average molecular weight is 1180 g/mol. The molecule has 3 aromatic carbocycles. The van der Waals surface area contributed by atoms with Crippen LogP contribution >= 0.6 is 11.6 Å². The Morgan fingerprint density at radius 1 is 0.762 bits per heavy atom. The van der Waals surface area contributed by atoms with Gasteiger partial charge in [-0.1, -0.05) is 74.4 Å². The lowest BCUT2D eigenvalue weighted by atomic mass is 9.48. The van der Waals surface area contributed by atoms with Gasteiger partial charge in [-0.05, 0) is 170 Å². The van der Waals surface area contributed by atoms with Gasteiger partial charge in [0, 0.05) is 66.5 Å². The van der Waals surface area contributed by atoms with E-state index in [1.807, 2.05) is 55.3 Å². The molecule has 7 N–H and O–H groups in total. The molecule has 20 heteroatoms. The van der Waals surface area contributed by atoms with Gasteiger partial charge in [0.2, 0.25) is 35.4 Å². The summed E-state index contributed by atoms with van der Waals surface area (Å²) in [6.07, 6.45) is 14.8. The molecule has 2 aliphatic carbocycles. The Labute approximate surface area is 500 Å². The number of nitrogens with one attached hydrogen (secondary N) is 3. The molecular weight excluding hydrogens is 1090 g/mol. The fourth-order valence-corrected chi connectivity index (χ4v) is 14.5. The Hall–Kier alpha value is -5.83. The molecule has 2 bridgehead atoms. The Bertz CT molecular complexity index is 2790. The van der Waals surface area contributed by atoms with E-state index in [2.05, 4.69) is 25.8 Å². The van der Waals surface area contributed by atoms with Crippen LogP contribution in [-0.2, 0) is 51.7 Å². The van der Waals surface area contributed by atoms with Crippen molar-refractivity contribution in [3.8, 4) is 11.5 Å². The smallest absolute Gasteiger partial charge is 0.248 e. The van der Waals surface area contributed by atoms with Crippen LogP contribution in [0.2, 0.25) is 5.02 Å². The zero-order chi connectivity index (χ0) is 59.4. The highest BCUT2D eigenvalue weighted by Gasteiger charge is 2.72. The number of ether oxygens (including phenoxy) is 3. The van der Waals surface area contributed by atoms with Gasteiger partial charge >= 0.3 is 0 Å². The van der Waals surface area contributed by atoms with Gasteiger partial charge in [-0.25, -0.2) is 0 Å². The topological polar surface area (TPSA) is 246 Å². The summed E-state index contributed by atoms with van der Waals surface area (Å²) >= 11 is 6.57. The molecule has 0 unspecified atom stereocenters. The number of amides is 6. The van der Waals surface area contributed by atoms with Crippen molar-refractivity contribution in [2.45, 2.75) is 152 Å². The molecule has 3 saturated heterocycles. The van der Waals surface area contributed by atoms with Crippen LogP contribution in [0.25, 0.3) is 0 Å². The number of likely N-dealkylation sites (tertiary alicyclic amines) is 3. The number of likely N-dealkylation sites (N-methyl/N-ethyl adjacent to an activating group) is 1. The quantitative estimate of drug-likeness (QED) is 0.0456. The summed E-state index contributed by atoms with van der Waals surface area (Å²) in [4.78, 5) is 85.1. The second kappa shape index (κ2) is 29.0. The number of phenolic OH excluding ortho intramolecular Hbond substituents is 1. The van der Waals surface area contributed by atoms with Crippen molar-refractivity contribution in [3.63, 3.8) is 0 Å². The molecule has 0 aromatic heterocycles. The Morgan fingerprint density at radius 2 is 1.40 bits per heavy atom. The summed E-state index contributed by atoms with van der Waals surface area (Å²) < 4.78 is 17.5. The van der Waals surface area contributed by atoms with Crippen LogP contribution in [0.1, 0.15) is 135 Å². The SMILES string of the molecule is Cc1ccc(N(CCCN2CCC(Cc3ccc(C(N)=O)cc3)CC2)C(=O)C2CCN(C(=O)COCC(=O)NCCCCCCCCCCNC(=O)COCC(=O)N[C@H]3CC[C@@]4(O)[C@H]5Cc6ccc(O)c7c6[C@@]4(CCN5C)[C@H]3O7)CC2)cc1Cl. The van der Waals surface area contributed by atoms with Crippen LogP contribution in [0.4, 0.5) is 5.69 Å². The number of nitrogens with two attached hydrogens (primary N) is 1. The van der Waals surface area contributed by atoms with E-state index < -0.39 is 29.1 Å². The summed E-state index contributed by atoms with van der Waals surface area (Å²) in [6, 6.07) is 16.5. The molecule has 4 heterocycles. The number of nitrogens with zero attached hydrogens (tertiary/aromatic N) is 4. The third-order valence-corrected chi connectivity index (χ3v) is 19.4. The van der Waals surface area contributed by atoms with Crippen LogP contribution in [0.5, 0.6) is 11.5 Å². The lowest BCUT2D eigenvalue weighted by molar-refractivity contribution is -0.187. The van der Waals surface area contributed by atoms with Crippen LogP contribution in [0.3, 0.4) is 0 Å². The minimum Gasteiger partial charge on any atom is -0.504 e. The first-order valence-corrected chi connectivity index (χ1v) is 31.3. The van der Waals surface area contributed by atoms with Crippen molar-refractivity contribution in [3.05, 3.63) is 87.4 Å². The first-order valence-electron chi connectivity index (χ1n) is 30.9. The number of aliphatic hydroxyl groups is 1. The Morgan fingerprint density at radius 3 is 2.06 bits per heavy atom. The highest BCUT2D eigenvalue weighted by atomic mass is 35.5. The number of hydrogen-bond acceptors (Lipinski definition) is 13. The average Bonchev–Trinajstić information content (AvgIpc) is 1.41. The standard InChI is InChI=1S/C64H89ClN8O11/c1-43-12-18-49(38-50(43)65)73(30-11-29-71-31-21-45(22-32-71)36-44-13-15-46(16-14-44)61(66)79)62(80)47-23-33-72(34-24-47)57(78)42-83-40-55(76)68-28-10-8-6-4-3-5-7-9-27-67-54(75)39-82-41-56(77)69-51-20-25-64(81)53-37-48-17-19-52(74)59-58(48)63(64,60(51)84-59)26-35-70(53)2/h12-19,38,45,47,51,53,60,74,81H,3-11,20-37,39-42H2,1-2H3,(H2,66,79)(H,67,75)(H,68,76)(H,69,77)/t51-,53+,60-,63-,64+/m0/s1. The van der Waals surface area contributed by atoms with Gasteiger partial charge < -0.3 is 65.7 Å². The minimum absolute atomic E-state index is 0.0482. The van der Waals surface area contributed by atoms with Gasteiger partial charge in [-0.2, -0.15) is 0 Å². The van der Waals surface area contributed by atoms with Gasteiger partial charge in [-0.3, -0.25) is 28.8 Å². The molecule has 6 amide bonds. The minimum atomic E-state index is -1.05. The fourth-order valence-electron chi connectivity index (χ4n) is 14.3. The third-order valence-electron chi connectivity index (χ3n) is 19.0. The number of hydrogen-bond donors (Lipinski definition) is 6. The molecule has 19 nitrogen and oxygen atoms in total. The molecule has 4 aliphatic heterocycles. The second-order valence-corrected chi connectivity index (χ2v) is 24.9. The lowest BCUT2D eigenvalue weighted by Crippen LogP contribution is -2.77. The summed E-state index contributed by atoms with van der Waals surface area (Å²) in [5.74, 6) is -0.626. The van der Waals surface area contributed by atoms with E-state index in [0.29, 0.717) is 93.5 Å². The van der Waals surface area contributed by atoms with Crippen molar-refractivity contribution in [1.29, 1.82) is 0 Å². The van der Waals surface area contributed by atoms with E-state index in [-0.39, 0.29) is 73.7 Å². The largest absolute Gasteiger partial charge is 0.504 e. The predicted molar refractivity (Wildman–Crippen MR) is 320 cm³/mol. The van der Waals surface area contributed by atoms with Crippen molar-refractivity contribution in [1.82, 2.24) is 30.7 Å². The van der Waals surface area contributed by atoms with Gasteiger partial charge in [0.1, 0.15) is 32.5 Å². The van der Waals surface area contributed by atoms with Crippen molar-refractivity contribution < 1.29 is 53.2 Å². The number of phenols is 1. The number of carbonyl (C=O) groups excluding carboxylic acids is 6. The number of primary amides is 1. The number of anilines is 1. The molecule has 9 rings (SSSR count). The molecule has 3 aromatic rings. The summed E-state index contributed by atoms with van der Waals surface area (Å²) in [5, 5.41) is 32.6. The maximum Gasteiger partial charge on any atom is 0.248 e. The number of rotatable bonds is 29. The van der Waals surface area contributed by atoms with Crippen molar-refractivity contribution in [2.24, 2.45) is 17.6 Å². The highest BCUT2D eigenvalue weighted by Crippen LogP contribution is 2.65. The Kier molecular flexibility index (Phi) is 21.7. The molecular formula is C64H89ClN8O11. The molecule has 6 aliphatic rings. The van der Waals surface area contributed by atoms with Gasteiger partial charge in [0.15, 0.2) is 11.5 Å². The number of aryl methyl sites for hydroxylation is 1. The molecule has 1 spiro atoms. The summed E-state index contributed by atoms with van der Waals surface area (Å²) in [5.41, 5.74) is 9.08. The number of piperidine rings is 3. The lowest BCUT2D eigenvalue weighted by Gasteiger charge is -2.63. The van der Waals surface area contributed by atoms with Crippen LogP contribution in [-0.4, -0.2) is 177 Å². The van der Waals surface area contributed by atoms with Crippen molar-refractivity contribution in [2.75, 3.05) is 97.3 Å². The van der Waals surface area contributed by atoms with Gasteiger partial charge in [0.05, 0.1) is 17.1 Å². The number of aromatic hydroxyl groups is 1. The Balaban J connectivity index is 0.566. The number of halogens is 1. The van der Waals surface area contributed by atoms with Gasteiger partial charge in [0.25, 0.3) is 0 Å². The van der Waals surface area contributed by atoms with E-state index in [4.69, 9.17) is 31.5 Å². The number of unbranched alkanes of at least 4 members (excludes halogenated alkanes) is 7. The molecule has 84 heavy (non-hydrogen) atoms. The van der Waals surface area contributed by atoms with Crippen LogP contribution in [0, 0.1) is 18.8 Å². The van der Waals surface area contributed by atoms with Crippen LogP contribution < -0.4 is 31.3 Å². The molecule has 1 saturated carbocycles. The maximum absolute atomic E-state index is 14.2. The van der Waals surface area contributed by atoms with E-state index >= 15 is 0 Å². The van der Waals surface area contributed by atoms with E-state index in [0.717, 1.165) is 126 Å². The monoisotopic (exact) mass is 1180 g/mol. The van der Waals surface area contributed by atoms with E-state index in [9.17, 15) is 39.0 Å². The van der Waals surface area contributed by atoms with Crippen LogP contribution in [0.15, 0.2) is 54.6 Å². The summed E-state index contributed by atoms with van der Waals surface area (Å²) in [6.45, 7) is 7.21. The molecule has 5 atom stereocenters. The van der Waals surface area contributed by atoms with E-state index in [1.165, 1.54) is 5.56 Å².